The standard InChI is InChI=1S/C24H27F2N3O2S.C3H8/c1-6-14-32(31)29-20-13-12-19(25)21(22(20)26)23(30)18(7-2)16(4)24(27-5)28-17-10-8-15(3)9-11-17;1-3-2/h7-13,28-29H,5-6,14H2,1-4H3;3H2,1-2H3/b18-7+,24-16-;. The summed E-state index contributed by atoms with van der Waals surface area (Å²) in [4.78, 5) is 17.1. The summed E-state index contributed by atoms with van der Waals surface area (Å²) in [6.45, 7) is 14.8. The van der Waals surface area contributed by atoms with Crippen LogP contribution in [0, 0.1) is 18.6 Å². The average molecular weight is 504 g/mol. The molecule has 0 radical (unpaired) electrons. The van der Waals surface area contributed by atoms with Gasteiger partial charge in [-0.15, -0.1) is 0 Å². The van der Waals surface area contributed by atoms with E-state index in [2.05, 4.69) is 35.6 Å². The quantitative estimate of drug-likeness (QED) is 0.154. The molecule has 0 aliphatic carbocycles. The van der Waals surface area contributed by atoms with Crippen LogP contribution < -0.4 is 10.0 Å². The Labute approximate surface area is 210 Å². The number of aryl methyl sites for hydroxylation is 1. The number of nitrogens with zero attached hydrogens (tertiary/aromatic N) is 1. The summed E-state index contributed by atoms with van der Waals surface area (Å²) in [6, 6.07) is 9.61. The van der Waals surface area contributed by atoms with E-state index < -0.39 is 34.0 Å². The largest absolute Gasteiger partial charge is 0.340 e. The molecule has 2 aromatic carbocycles. The van der Waals surface area contributed by atoms with Crippen molar-refractivity contribution in [3.05, 3.63) is 82.2 Å². The highest BCUT2D eigenvalue weighted by Crippen LogP contribution is 2.28. The Morgan fingerprint density at radius 3 is 2.23 bits per heavy atom. The van der Waals surface area contributed by atoms with Crippen LogP contribution in [-0.2, 0) is 11.0 Å². The molecule has 0 spiro atoms. The van der Waals surface area contributed by atoms with Crippen molar-refractivity contribution < 1.29 is 17.8 Å². The number of hydrogen-bond donors (Lipinski definition) is 2. The molecule has 0 bridgehead atoms. The summed E-state index contributed by atoms with van der Waals surface area (Å²) in [5.41, 5.74) is 1.32. The van der Waals surface area contributed by atoms with Crippen molar-refractivity contribution in [2.24, 2.45) is 4.99 Å². The molecule has 35 heavy (non-hydrogen) atoms. The number of Topliss-reactive ketones (excluding diaryl/α,β-unsaturated/α-hetero) is 1. The number of benzene rings is 2. The topological polar surface area (TPSA) is 70.6 Å². The fraction of sp³-hybridized carbons (Fsp3) is 0.333. The fourth-order valence-corrected chi connectivity index (χ4v) is 3.88. The molecular weight excluding hydrogens is 468 g/mol. The molecule has 0 saturated carbocycles. The Hall–Kier alpha value is -3.13. The predicted molar refractivity (Wildman–Crippen MR) is 144 cm³/mol. The number of carbonyl (C=O) groups excluding carboxylic acids is 1. The van der Waals surface area contributed by atoms with E-state index in [1.54, 1.807) is 13.8 Å². The smallest absolute Gasteiger partial charge is 0.199 e. The molecule has 0 aromatic heterocycles. The second-order valence-electron chi connectivity index (χ2n) is 7.80. The van der Waals surface area contributed by atoms with Crippen LogP contribution in [0.1, 0.15) is 63.4 Å². The van der Waals surface area contributed by atoms with Crippen LogP contribution in [0.4, 0.5) is 20.2 Å². The molecule has 2 N–H and O–H groups in total. The molecule has 1 atom stereocenters. The third kappa shape index (κ3) is 8.55. The number of carbonyl (C=O) groups is 1. The Balaban J connectivity index is 0.00000194. The van der Waals surface area contributed by atoms with Gasteiger partial charge in [-0.25, -0.2) is 18.0 Å². The van der Waals surface area contributed by atoms with E-state index in [0.29, 0.717) is 17.7 Å². The molecule has 2 aromatic rings. The van der Waals surface area contributed by atoms with Crippen molar-refractivity contribution in [2.75, 3.05) is 15.8 Å². The van der Waals surface area contributed by atoms with Crippen LogP contribution in [0.2, 0.25) is 0 Å². The molecule has 0 aliphatic rings. The monoisotopic (exact) mass is 503 g/mol. The molecule has 0 aliphatic heterocycles. The number of aliphatic imine (C=N–C) groups is 1. The molecule has 0 saturated heterocycles. The summed E-state index contributed by atoms with van der Waals surface area (Å²) in [5, 5.41) is 3.07. The number of halogens is 2. The van der Waals surface area contributed by atoms with Gasteiger partial charge >= 0.3 is 0 Å². The first-order chi connectivity index (χ1) is 16.6. The van der Waals surface area contributed by atoms with E-state index in [1.165, 1.54) is 12.5 Å². The molecule has 0 heterocycles. The lowest BCUT2D eigenvalue weighted by atomic mass is 9.96. The maximum absolute atomic E-state index is 15.1. The van der Waals surface area contributed by atoms with E-state index in [-0.39, 0.29) is 17.1 Å². The van der Waals surface area contributed by atoms with Gasteiger partial charge in [-0.3, -0.25) is 4.79 Å². The van der Waals surface area contributed by atoms with Crippen LogP contribution in [0.5, 0.6) is 0 Å². The summed E-state index contributed by atoms with van der Waals surface area (Å²) in [7, 11) is -1.54. The number of nitrogens with one attached hydrogen (secondary N) is 2. The van der Waals surface area contributed by atoms with Gasteiger partial charge in [0.25, 0.3) is 0 Å². The molecule has 0 amide bonds. The minimum atomic E-state index is -1.54. The van der Waals surface area contributed by atoms with Crippen LogP contribution in [0.3, 0.4) is 0 Å². The van der Waals surface area contributed by atoms with Gasteiger partial charge < -0.3 is 10.0 Å². The van der Waals surface area contributed by atoms with Gasteiger partial charge in [0.1, 0.15) is 22.6 Å². The normalized spacial score (nSPS) is 12.6. The fourth-order valence-electron chi connectivity index (χ4n) is 3.00. The van der Waals surface area contributed by atoms with Crippen molar-refractivity contribution in [2.45, 2.75) is 54.4 Å². The van der Waals surface area contributed by atoms with E-state index in [4.69, 9.17) is 0 Å². The highest BCUT2D eigenvalue weighted by atomic mass is 32.2. The van der Waals surface area contributed by atoms with Gasteiger partial charge in [-0.05, 0) is 58.2 Å². The zero-order chi connectivity index (χ0) is 26.5. The molecule has 0 fully saturated rings. The van der Waals surface area contributed by atoms with Crippen molar-refractivity contribution in [3.8, 4) is 0 Å². The second kappa shape index (κ2) is 15.0. The highest BCUT2D eigenvalue weighted by molar-refractivity contribution is 7.86. The molecule has 2 rings (SSSR count). The molecular formula is C27H35F2N3O2S. The van der Waals surface area contributed by atoms with Gasteiger partial charge in [0.2, 0.25) is 0 Å². The predicted octanol–water partition coefficient (Wildman–Crippen LogP) is 7.35. The molecule has 190 valence electrons. The maximum Gasteiger partial charge on any atom is 0.199 e. The van der Waals surface area contributed by atoms with Crippen LogP contribution >= 0.6 is 0 Å². The number of anilines is 2. The lowest BCUT2D eigenvalue weighted by molar-refractivity contribution is 0.102. The first-order valence-corrected chi connectivity index (χ1v) is 12.8. The Kier molecular flexibility index (Phi) is 12.8. The summed E-state index contributed by atoms with van der Waals surface area (Å²) in [5.74, 6) is -2.37. The van der Waals surface area contributed by atoms with Crippen LogP contribution in [0.15, 0.2) is 64.4 Å². The summed E-state index contributed by atoms with van der Waals surface area (Å²) in [6.07, 6.45) is 3.33. The van der Waals surface area contributed by atoms with Crippen molar-refractivity contribution in [3.63, 3.8) is 0 Å². The van der Waals surface area contributed by atoms with E-state index in [1.807, 2.05) is 38.1 Å². The van der Waals surface area contributed by atoms with Gasteiger partial charge in [0, 0.05) is 22.6 Å². The summed E-state index contributed by atoms with van der Waals surface area (Å²) < 4.78 is 44.1. The van der Waals surface area contributed by atoms with E-state index >= 15 is 4.39 Å². The summed E-state index contributed by atoms with van der Waals surface area (Å²) >= 11 is 0. The van der Waals surface area contributed by atoms with Crippen molar-refractivity contribution >= 4 is 34.9 Å². The van der Waals surface area contributed by atoms with Gasteiger partial charge in [-0.2, -0.15) is 0 Å². The van der Waals surface area contributed by atoms with Gasteiger partial charge in [0.05, 0.1) is 11.3 Å². The Morgan fingerprint density at radius 1 is 1.11 bits per heavy atom. The molecule has 1 unspecified atom stereocenters. The third-order valence-corrected chi connectivity index (χ3v) is 5.92. The third-order valence-electron chi connectivity index (χ3n) is 4.70. The number of hydrogen-bond acceptors (Lipinski definition) is 4. The van der Waals surface area contributed by atoms with Crippen molar-refractivity contribution in [1.82, 2.24) is 0 Å². The van der Waals surface area contributed by atoms with E-state index in [9.17, 15) is 13.4 Å². The number of rotatable bonds is 10. The SMILES string of the molecule is C=N/C(Nc1ccc(C)cc1)=C(C)/C(=C\C)C(=O)c1c(F)ccc(NS(=O)CCC)c1F.CCC. The Morgan fingerprint density at radius 2 is 1.71 bits per heavy atom. The average Bonchev–Trinajstić information content (AvgIpc) is 2.81. The second-order valence-corrected chi connectivity index (χ2v) is 9.10. The minimum Gasteiger partial charge on any atom is -0.340 e. The van der Waals surface area contributed by atoms with Crippen LogP contribution in [-0.4, -0.2) is 22.5 Å². The zero-order valence-electron chi connectivity index (χ0n) is 21.3. The van der Waals surface area contributed by atoms with Gasteiger partial charge in [-0.1, -0.05) is 51.0 Å². The Bertz CT molecular complexity index is 1110. The minimum absolute atomic E-state index is 0.0663. The number of allylic oxidation sites excluding steroid dienone is 3. The lowest BCUT2D eigenvalue weighted by Crippen LogP contribution is -2.15. The molecule has 5 nitrogen and oxygen atoms in total. The van der Waals surface area contributed by atoms with Crippen molar-refractivity contribution in [1.29, 1.82) is 0 Å². The lowest BCUT2D eigenvalue weighted by Gasteiger charge is -2.15. The maximum atomic E-state index is 15.1. The zero-order valence-corrected chi connectivity index (χ0v) is 22.1. The first-order valence-electron chi connectivity index (χ1n) is 11.5. The number of ketones is 1. The highest BCUT2D eigenvalue weighted by Gasteiger charge is 2.25. The van der Waals surface area contributed by atoms with E-state index in [0.717, 1.165) is 23.4 Å². The van der Waals surface area contributed by atoms with Crippen LogP contribution in [0.25, 0.3) is 0 Å². The molecule has 8 heteroatoms. The first kappa shape index (κ1) is 29.9. The van der Waals surface area contributed by atoms with Gasteiger partial charge in [0.15, 0.2) is 11.6 Å².